The van der Waals surface area contributed by atoms with Crippen LogP contribution in [-0.4, -0.2) is 0 Å². The molecule has 0 heteroatoms. The molecule has 0 unspecified atom stereocenters. The smallest absolute Gasteiger partial charge is 0.00268 e. The predicted molar refractivity (Wildman–Crippen MR) is 260 cm³/mol. The Morgan fingerprint density at radius 2 is 0.400 bits per heavy atom. The van der Waals surface area contributed by atoms with Gasteiger partial charge >= 0.3 is 0 Å². The molecule has 0 nitrogen and oxygen atoms in total. The van der Waals surface area contributed by atoms with Crippen LogP contribution in [0, 0.1) is 0 Å². The summed E-state index contributed by atoms with van der Waals surface area (Å²) in [5, 5.41) is 23.1. The van der Waals surface area contributed by atoms with E-state index in [1.807, 2.05) is 0 Å². The van der Waals surface area contributed by atoms with Gasteiger partial charge in [0.1, 0.15) is 0 Å². The topological polar surface area (TPSA) is 0 Å². The van der Waals surface area contributed by atoms with E-state index in [-0.39, 0.29) is 0 Å². The zero-order valence-electron chi connectivity index (χ0n) is 32.8. The van der Waals surface area contributed by atoms with Crippen molar-refractivity contribution >= 4 is 97.0 Å². The van der Waals surface area contributed by atoms with Crippen molar-refractivity contribution in [1.29, 1.82) is 0 Å². The van der Waals surface area contributed by atoms with Crippen molar-refractivity contribution in [3.63, 3.8) is 0 Å². The summed E-state index contributed by atoms with van der Waals surface area (Å²) in [6, 6.07) is 81.7. The van der Waals surface area contributed by atoms with Gasteiger partial charge in [0.2, 0.25) is 0 Å². The minimum absolute atomic E-state index is 1.21. The summed E-state index contributed by atoms with van der Waals surface area (Å²) >= 11 is 0. The molecular formula is C60H36. The van der Waals surface area contributed by atoms with Crippen LogP contribution < -0.4 is 0 Å². The first kappa shape index (κ1) is 33.2. The van der Waals surface area contributed by atoms with Gasteiger partial charge in [-0.25, -0.2) is 0 Å². The van der Waals surface area contributed by atoms with Gasteiger partial charge in [0.25, 0.3) is 0 Å². The molecule has 13 rings (SSSR count). The van der Waals surface area contributed by atoms with Gasteiger partial charge in [-0.3, -0.25) is 0 Å². The summed E-state index contributed by atoms with van der Waals surface area (Å²) in [4.78, 5) is 0. The molecule has 0 bridgehead atoms. The molecule has 276 valence electrons. The largest absolute Gasteiger partial charge is 0.0616 e. The van der Waals surface area contributed by atoms with Gasteiger partial charge in [0, 0.05) is 0 Å². The molecular weight excluding hydrogens is 721 g/mol. The Morgan fingerprint density at radius 1 is 0.150 bits per heavy atom. The Morgan fingerprint density at radius 3 is 0.717 bits per heavy atom. The van der Waals surface area contributed by atoms with Crippen LogP contribution in [0.4, 0.5) is 0 Å². The third-order valence-electron chi connectivity index (χ3n) is 13.1. The summed E-state index contributed by atoms with van der Waals surface area (Å²) in [7, 11) is 0. The lowest BCUT2D eigenvalue weighted by Crippen LogP contribution is -1.89. The van der Waals surface area contributed by atoms with Crippen molar-refractivity contribution in [3.8, 4) is 33.4 Å². The molecule has 0 aliphatic heterocycles. The molecule has 0 aliphatic carbocycles. The van der Waals surface area contributed by atoms with Crippen molar-refractivity contribution in [1.82, 2.24) is 0 Å². The number of benzene rings is 13. The second-order valence-electron chi connectivity index (χ2n) is 16.5. The van der Waals surface area contributed by atoms with E-state index in [1.165, 1.54) is 130 Å². The Labute approximate surface area is 347 Å². The molecule has 0 saturated carbocycles. The molecule has 13 aromatic carbocycles. The third kappa shape index (κ3) is 5.11. The quantitative estimate of drug-likeness (QED) is 0.158. The molecule has 0 saturated heterocycles. The van der Waals surface area contributed by atoms with Crippen LogP contribution in [-0.2, 0) is 0 Å². The molecule has 60 heavy (non-hydrogen) atoms. The number of hydrogen-bond donors (Lipinski definition) is 0. The van der Waals surface area contributed by atoms with Gasteiger partial charge in [0.15, 0.2) is 0 Å². The summed E-state index contributed by atoms with van der Waals surface area (Å²) in [5.41, 5.74) is 7.25. The van der Waals surface area contributed by atoms with Gasteiger partial charge in [-0.1, -0.05) is 182 Å². The second-order valence-corrected chi connectivity index (χ2v) is 16.5. The lowest BCUT2D eigenvalue weighted by molar-refractivity contribution is 1.60. The highest BCUT2D eigenvalue weighted by atomic mass is 14.2. The lowest BCUT2D eigenvalue weighted by atomic mass is 9.89. The number of rotatable bonds is 3. The average molecular weight is 757 g/mol. The maximum Gasteiger partial charge on any atom is -0.00268 e. The van der Waals surface area contributed by atoms with Gasteiger partial charge in [-0.05, 0) is 167 Å². The summed E-state index contributed by atoms with van der Waals surface area (Å²) < 4.78 is 0. The van der Waals surface area contributed by atoms with Crippen LogP contribution in [0.15, 0.2) is 218 Å². The molecule has 0 atom stereocenters. The molecule has 13 aromatic rings. The maximum absolute atomic E-state index is 2.39. The van der Waals surface area contributed by atoms with Crippen LogP contribution in [0.25, 0.3) is 130 Å². The van der Waals surface area contributed by atoms with Crippen molar-refractivity contribution < 1.29 is 0 Å². The van der Waals surface area contributed by atoms with Crippen molar-refractivity contribution in [3.05, 3.63) is 218 Å². The molecule has 0 N–H and O–H groups in total. The maximum atomic E-state index is 2.39. The second kappa shape index (κ2) is 12.9. The standard InChI is InChI=1S/C60H36/c1-4-10-52-37(7-1)13-16-40-19-22-46-31-43(25-28-55(46)58(40)52)49-34-50(44-26-29-56-47(32-44)23-20-41-17-14-38-8-2-5-11-53(38)59(41)56)36-51(35-49)45-27-30-57-48(33-45)24-21-42-18-15-39-9-3-6-12-54(39)60(42)57/h1-36H. The lowest BCUT2D eigenvalue weighted by Gasteiger charge is -2.15. The fourth-order valence-corrected chi connectivity index (χ4v) is 10.2. The first-order chi connectivity index (χ1) is 29.7. The van der Waals surface area contributed by atoms with E-state index in [2.05, 4.69) is 218 Å². The van der Waals surface area contributed by atoms with Crippen LogP contribution >= 0.6 is 0 Å². The summed E-state index contributed by atoms with van der Waals surface area (Å²) in [5.74, 6) is 0. The highest BCUT2D eigenvalue weighted by molar-refractivity contribution is 6.23. The summed E-state index contributed by atoms with van der Waals surface area (Å²) in [6.07, 6.45) is 0. The van der Waals surface area contributed by atoms with E-state index < -0.39 is 0 Å². The fourth-order valence-electron chi connectivity index (χ4n) is 10.2. The fraction of sp³-hybridized carbons (Fsp3) is 0. The van der Waals surface area contributed by atoms with Crippen LogP contribution in [0.3, 0.4) is 0 Å². The van der Waals surface area contributed by atoms with Crippen molar-refractivity contribution in [2.45, 2.75) is 0 Å². The van der Waals surface area contributed by atoms with E-state index in [0.29, 0.717) is 0 Å². The van der Waals surface area contributed by atoms with E-state index in [1.54, 1.807) is 0 Å². The van der Waals surface area contributed by atoms with Crippen LogP contribution in [0.5, 0.6) is 0 Å². The number of hydrogen-bond acceptors (Lipinski definition) is 0. The van der Waals surface area contributed by atoms with Crippen molar-refractivity contribution in [2.24, 2.45) is 0 Å². The predicted octanol–water partition coefficient (Wildman–Crippen LogP) is 17.1. The summed E-state index contributed by atoms with van der Waals surface area (Å²) in [6.45, 7) is 0. The van der Waals surface area contributed by atoms with Crippen LogP contribution in [0.2, 0.25) is 0 Å². The Balaban J connectivity index is 1.02. The van der Waals surface area contributed by atoms with Crippen LogP contribution in [0.1, 0.15) is 0 Å². The Kier molecular flexibility index (Phi) is 7.11. The normalized spacial score (nSPS) is 12.0. The third-order valence-corrected chi connectivity index (χ3v) is 13.1. The van der Waals surface area contributed by atoms with Gasteiger partial charge < -0.3 is 0 Å². The average Bonchev–Trinajstić information content (AvgIpc) is 3.32. The molecule has 0 aromatic heterocycles. The molecule has 0 radical (unpaired) electrons. The monoisotopic (exact) mass is 756 g/mol. The zero-order chi connectivity index (χ0) is 39.3. The highest BCUT2D eigenvalue weighted by Gasteiger charge is 2.14. The van der Waals surface area contributed by atoms with Gasteiger partial charge in [0.05, 0.1) is 0 Å². The molecule has 0 spiro atoms. The van der Waals surface area contributed by atoms with E-state index in [9.17, 15) is 0 Å². The van der Waals surface area contributed by atoms with Gasteiger partial charge in [-0.15, -0.1) is 0 Å². The first-order valence-corrected chi connectivity index (χ1v) is 20.9. The van der Waals surface area contributed by atoms with E-state index in [4.69, 9.17) is 0 Å². The molecule has 0 heterocycles. The Bertz CT molecular complexity index is 3520. The van der Waals surface area contributed by atoms with Gasteiger partial charge in [-0.2, -0.15) is 0 Å². The zero-order valence-corrected chi connectivity index (χ0v) is 32.8. The molecule has 0 aliphatic rings. The number of fused-ring (bicyclic) bond motifs is 15. The minimum atomic E-state index is 1.21. The minimum Gasteiger partial charge on any atom is -0.0616 e. The highest BCUT2D eigenvalue weighted by Crippen LogP contribution is 2.41. The Hall–Kier alpha value is -7.80. The molecule has 0 amide bonds. The SMILES string of the molecule is c1ccc2c(c1)ccc1ccc3cc(-c4cc(-c5ccc6c(ccc7ccc8ccccc8c76)c5)cc(-c5ccc6c(ccc7ccc8ccccc8c76)c5)c4)ccc3c12. The van der Waals surface area contributed by atoms with E-state index >= 15 is 0 Å². The van der Waals surface area contributed by atoms with E-state index in [0.717, 1.165) is 0 Å². The molecule has 0 fully saturated rings. The first-order valence-electron chi connectivity index (χ1n) is 20.9. The van der Waals surface area contributed by atoms with Crippen molar-refractivity contribution in [2.75, 3.05) is 0 Å².